The molecular formula is C8H14OS. The summed E-state index contributed by atoms with van der Waals surface area (Å²) in [7, 11) is 0. The van der Waals surface area contributed by atoms with Crippen molar-refractivity contribution in [1.29, 1.82) is 0 Å². The largest absolute Gasteiger partial charge is 0.300 e. The minimum absolute atomic E-state index is 0.456. The average molecular weight is 158 g/mol. The monoisotopic (exact) mass is 158 g/mol. The van der Waals surface area contributed by atoms with Crippen LogP contribution >= 0.6 is 11.8 Å². The van der Waals surface area contributed by atoms with Gasteiger partial charge in [-0.3, -0.25) is 4.79 Å². The first-order valence-corrected chi connectivity index (χ1v) is 4.88. The van der Waals surface area contributed by atoms with Gasteiger partial charge in [-0.15, -0.1) is 0 Å². The van der Waals surface area contributed by atoms with Crippen LogP contribution < -0.4 is 0 Å². The number of carbonyl (C=O) groups is 1. The minimum atomic E-state index is 0.456. The standard InChI is InChI=1S/C8H14OS/c1-6(2)8-5-7(9)3-4-10-8/h6,8H,3-5H2,1-2H3. The maximum absolute atomic E-state index is 11.0. The van der Waals surface area contributed by atoms with E-state index in [2.05, 4.69) is 13.8 Å². The molecule has 0 radical (unpaired) electrons. The zero-order valence-corrected chi connectivity index (χ0v) is 7.41. The SMILES string of the molecule is CC(C)C1CC(=O)CCS1. The lowest BCUT2D eigenvalue weighted by Crippen LogP contribution is -2.22. The Morgan fingerprint density at radius 1 is 1.60 bits per heavy atom. The van der Waals surface area contributed by atoms with E-state index in [1.54, 1.807) is 0 Å². The van der Waals surface area contributed by atoms with Crippen LogP contribution in [0.3, 0.4) is 0 Å². The maximum Gasteiger partial charge on any atom is 0.134 e. The summed E-state index contributed by atoms with van der Waals surface area (Å²) in [6.45, 7) is 4.38. The van der Waals surface area contributed by atoms with Gasteiger partial charge in [0.1, 0.15) is 5.78 Å². The summed E-state index contributed by atoms with van der Waals surface area (Å²) in [4.78, 5) is 11.0. The number of hydrogen-bond donors (Lipinski definition) is 0. The van der Waals surface area contributed by atoms with Crippen LogP contribution in [-0.2, 0) is 4.79 Å². The minimum Gasteiger partial charge on any atom is -0.300 e. The molecule has 0 N–H and O–H groups in total. The molecular weight excluding hydrogens is 144 g/mol. The number of carbonyl (C=O) groups excluding carboxylic acids is 1. The average Bonchev–Trinajstić information content (AvgIpc) is 1.88. The lowest BCUT2D eigenvalue weighted by atomic mass is 10.0. The van der Waals surface area contributed by atoms with Gasteiger partial charge in [-0.25, -0.2) is 0 Å². The predicted octanol–water partition coefficient (Wildman–Crippen LogP) is 2.11. The molecule has 1 fully saturated rings. The predicted molar refractivity (Wildman–Crippen MR) is 45.3 cm³/mol. The van der Waals surface area contributed by atoms with Crippen molar-refractivity contribution in [3.05, 3.63) is 0 Å². The maximum atomic E-state index is 11.0. The summed E-state index contributed by atoms with van der Waals surface area (Å²) in [5.74, 6) is 2.16. The summed E-state index contributed by atoms with van der Waals surface area (Å²) < 4.78 is 0. The van der Waals surface area contributed by atoms with E-state index in [1.807, 2.05) is 11.8 Å². The van der Waals surface area contributed by atoms with Gasteiger partial charge in [-0.1, -0.05) is 13.8 Å². The number of Topliss-reactive ketones (excluding diaryl/α,β-unsaturated/α-hetero) is 1. The number of hydrogen-bond acceptors (Lipinski definition) is 2. The Hall–Kier alpha value is 0.0200. The van der Waals surface area contributed by atoms with Crippen molar-refractivity contribution in [3.63, 3.8) is 0 Å². The molecule has 0 aromatic rings. The smallest absolute Gasteiger partial charge is 0.134 e. The summed E-state index contributed by atoms with van der Waals surface area (Å²) >= 11 is 1.95. The van der Waals surface area contributed by atoms with Crippen molar-refractivity contribution in [2.24, 2.45) is 5.92 Å². The van der Waals surface area contributed by atoms with Crippen molar-refractivity contribution >= 4 is 17.5 Å². The molecule has 1 heterocycles. The van der Waals surface area contributed by atoms with E-state index in [9.17, 15) is 4.79 Å². The van der Waals surface area contributed by atoms with Crippen molar-refractivity contribution in [1.82, 2.24) is 0 Å². The first-order valence-electron chi connectivity index (χ1n) is 3.83. The fraction of sp³-hybridized carbons (Fsp3) is 0.875. The van der Waals surface area contributed by atoms with Crippen LogP contribution in [0.15, 0.2) is 0 Å². The Labute approximate surface area is 66.6 Å². The van der Waals surface area contributed by atoms with Gasteiger partial charge in [0, 0.05) is 23.8 Å². The molecule has 1 unspecified atom stereocenters. The van der Waals surface area contributed by atoms with Crippen LogP contribution in [-0.4, -0.2) is 16.8 Å². The third-order valence-electron chi connectivity index (χ3n) is 1.89. The summed E-state index contributed by atoms with van der Waals surface area (Å²) in [5.41, 5.74) is 0. The van der Waals surface area contributed by atoms with E-state index >= 15 is 0 Å². The second-order valence-electron chi connectivity index (χ2n) is 3.15. The third-order valence-corrected chi connectivity index (χ3v) is 3.46. The first-order chi connectivity index (χ1) is 4.70. The topological polar surface area (TPSA) is 17.1 Å². The van der Waals surface area contributed by atoms with E-state index in [4.69, 9.17) is 0 Å². The molecule has 1 atom stereocenters. The van der Waals surface area contributed by atoms with Gasteiger partial charge in [0.2, 0.25) is 0 Å². The zero-order valence-electron chi connectivity index (χ0n) is 6.59. The Morgan fingerprint density at radius 3 is 2.70 bits per heavy atom. The quantitative estimate of drug-likeness (QED) is 0.581. The molecule has 1 saturated heterocycles. The molecule has 10 heavy (non-hydrogen) atoms. The highest BCUT2D eigenvalue weighted by Gasteiger charge is 2.21. The van der Waals surface area contributed by atoms with Crippen LogP contribution in [0.25, 0.3) is 0 Å². The molecule has 2 heteroatoms. The fourth-order valence-electron chi connectivity index (χ4n) is 1.14. The van der Waals surface area contributed by atoms with Crippen molar-refractivity contribution < 1.29 is 4.79 Å². The molecule has 1 nitrogen and oxygen atoms in total. The number of ketones is 1. The highest BCUT2D eigenvalue weighted by molar-refractivity contribution is 8.00. The van der Waals surface area contributed by atoms with Crippen LogP contribution in [0.2, 0.25) is 0 Å². The molecule has 0 aromatic carbocycles. The van der Waals surface area contributed by atoms with E-state index in [0.717, 1.165) is 18.6 Å². The second-order valence-corrected chi connectivity index (χ2v) is 4.49. The molecule has 58 valence electrons. The molecule has 0 amide bonds. The van der Waals surface area contributed by atoms with E-state index in [0.29, 0.717) is 17.0 Å². The molecule has 0 bridgehead atoms. The molecule has 0 spiro atoms. The molecule has 0 saturated carbocycles. The summed E-state index contributed by atoms with van der Waals surface area (Å²) in [6, 6.07) is 0. The van der Waals surface area contributed by atoms with Crippen LogP contribution in [0.4, 0.5) is 0 Å². The normalized spacial score (nSPS) is 27.5. The summed E-state index contributed by atoms with van der Waals surface area (Å²) in [6.07, 6.45) is 1.61. The molecule has 0 aliphatic carbocycles. The lowest BCUT2D eigenvalue weighted by molar-refractivity contribution is -0.119. The Morgan fingerprint density at radius 2 is 2.30 bits per heavy atom. The molecule has 1 aliphatic rings. The Kier molecular flexibility index (Phi) is 2.78. The highest BCUT2D eigenvalue weighted by Crippen LogP contribution is 2.28. The number of rotatable bonds is 1. The first kappa shape index (κ1) is 8.12. The fourth-order valence-corrected chi connectivity index (χ4v) is 2.47. The molecule has 0 aromatic heterocycles. The molecule has 1 rings (SSSR count). The van der Waals surface area contributed by atoms with Crippen molar-refractivity contribution in [2.45, 2.75) is 31.9 Å². The van der Waals surface area contributed by atoms with Gasteiger partial charge in [-0.05, 0) is 5.92 Å². The van der Waals surface area contributed by atoms with Crippen LogP contribution in [0.1, 0.15) is 26.7 Å². The third kappa shape index (κ3) is 2.01. The number of thioether (sulfide) groups is 1. The lowest BCUT2D eigenvalue weighted by Gasteiger charge is -2.23. The van der Waals surface area contributed by atoms with E-state index in [1.165, 1.54) is 0 Å². The van der Waals surface area contributed by atoms with Gasteiger partial charge < -0.3 is 0 Å². The second kappa shape index (κ2) is 3.42. The Bertz CT molecular complexity index is 131. The van der Waals surface area contributed by atoms with Gasteiger partial charge >= 0.3 is 0 Å². The highest BCUT2D eigenvalue weighted by atomic mass is 32.2. The van der Waals surface area contributed by atoms with Gasteiger partial charge in [0.15, 0.2) is 0 Å². The van der Waals surface area contributed by atoms with Crippen molar-refractivity contribution in [3.8, 4) is 0 Å². The van der Waals surface area contributed by atoms with E-state index in [-0.39, 0.29) is 0 Å². The zero-order chi connectivity index (χ0) is 7.56. The van der Waals surface area contributed by atoms with Gasteiger partial charge in [-0.2, -0.15) is 11.8 Å². The van der Waals surface area contributed by atoms with Crippen LogP contribution in [0.5, 0.6) is 0 Å². The van der Waals surface area contributed by atoms with Crippen LogP contribution in [0, 0.1) is 5.92 Å². The van der Waals surface area contributed by atoms with E-state index < -0.39 is 0 Å². The van der Waals surface area contributed by atoms with Crippen molar-refractivity contribution in [2.75, 3.05) is 5.75 Å². The summed E-state index contributed by atoms with van der Waals surface area (Å²) in [5, 5.41) is 0.598. The van der Waals surface area contributed by atoms with Gasteiger partial charge in [0.05, 0.1) is 0 Å². The van der Waals surface area contributed by atoms with Gasteiger partial charge in [0.25, 0.3) is 0 Å². The Balaban J connectivity index is 2.39. The molecule has 1 aliphatic heterocycles.